The van der Waals surface area contributed by atoms with E-state index in [9.17, 15) is 0 Å². The SMILES string of the molecule is CCNCCCCCCN1CC(C)OC(C)(C)C1. The van der Waals surface area contributed by atoms with E-state index >= 15 is 0 Å². The first-order chi connectivity index (χ1) is 8.53. The predicted molar refractivity (Wildman–Crippen MR) is 78.1 cm³/mol. The van der Waals surface area contributed by atoms with Gasteiger partial charge in [0.1, 0.15) is 0 Å². The molecule has 1 N–H and O–H groups in total. The second-order valence-electron chi connectivity index (χ2n) is 6.19. The monoisotopic (exact) mass is 256 g/mol. The molecule has 1 atom stereocenters. The predicted octanol–water partition coefficient (Wildman–Crippen LogP) is 2.66. The van der Waals surface area contributed by atoms with Crippen LogP contribution in [0.5, 0.6) is 0 Å². The molecule has 1 fully saturated rings. The summed E-state index contributed by atoms with van der Waals surface area (Å²) in [6.45, 7) is 14.4. The van der Waals surface area contributed by atoms with Gasteiger partial charge in [-0.25, -0.2) is 0 Å². The number of hydrogen-bond acceptors (Lipinski definition) is 3. The zero-order valence-electron chi connectivity index (χ0n) is 12.8. The highest BCUT2D eigenvalue weighted by Gasteiger charge is 2.30. The molecule has 1 unspecified atom stereocenters. The Balaban J connectivity index is 2.04. The molecule has 3 heteroatoms. The third-order valence-electron chi connectivity index (χ3n) is 3.47. The third kappa shape index (κ3) is 6.72. The first kappa shape index (κ1) is 15.9. The van der Waals surface area contributed by atoms with Gasteiger partial charge in [-0.05, 0) is 53.2 Å². The van der Waals surface area contributed by atoms with E-state index < -0.39 is 0 Å². The average Bonchev–Trinajstić information content (AvgIpc) is 2.25. The zero-order valence-corrected chi connectivity index (χ0v) is 12.8. The topological polar surface area (TPSA) is 24.5 Å². The fourth-order valence-electron chi connectivity index (χ4n) is 2.87. The Hall–Kier alpha value is -0.120. The van der Waals surface area contributed by atoms with Crippen LogP contribution in [-0.4, -0.2) is 49.3 Å². The Labute approximate surface area is 113 Å². The molecule has 0 aromatic heterocycles. The fourth-order valence-corrected chi connectivity index (χ4v) is 2.87. The largest absolute Gasteiger partial charge is 0.370 e. The van der Waals surface area contributed by atoms with Crippen molar-refractivity contribution in [2.45, 2.75) is 65.1 Å². The fraction of sp³-hybridized carbons (Fsp3) is 1.00. The van der Waals surface area contributed by atoms with Crippen LogP contribution in [0.3, 0.4) is 0 Å². The van der Waals surface area contributed by atoms with Crippen molar-refractivity contribution < 1.29 is 4.74 Å². The van der Waals surface area contributed by atoms with Gasteiger partial charge in [-0.2, -0.15) is 0 Å². The van der Waals surface area contributed by atoms with Gasteiger partial charge >= 0.3 is 0 Å². The summed E-state index contributed by atoms with van der Waals surface area (Å²) in [7, 11) is 0. The number of ether oxygens (including phenoxy) is 1. The lowest BCUT2D eigenvalue weighted by atomic mass is 10.0. The maximum atomic E-state index is 5.93. The molecule has 0 aromatic carbocycles. The van der Waals surface area contributed by atoms with E-state index in [1.165, 1.54) is 38.8 Å². The highest BCUT2D eigenvalue weighted by Crippen LogP contribution is 2.21. The second kappa shape index (κ2) is 8.13. The Kier molecular flexibility index (Phi) is 7.20. The van der Waals surface area contributed by atoms with Crippen LogP contribution >= 0.6 is 0 Å². The van der Waals surface area contributed by atoms with Crippen LogP contribution in [0.25, 0.3) is 0 Å². The minimum atomic E-state index is 0.0305. The van der Waals surface area contributed by atoms with Gasteiger partial charge < -0.3 is 10.1 Å². The van der Waals surface area contributed by atoms with Crippen LogP contribution in [0, 0.1) is 0 Å². The third-order valence-corrected chi connectivity index (χ3v) is 3.47. The molecular formula is C15H32N2O. The number of morpholine rings is 1. The van der Waals surface area contributed by atoms with E-state index in [0.29, 0.717) is 6.10 Å². The van der Waals surface area contributed by atoms with E-state index in [2.05, 4.69) is 37.9 Å². The van der Waals surface area contributed by atoms with Gasteiger partial charge in [-0.15, -0.1) is 0 Å². The van der Waals surface area contributed by atoms with Crippen molar-refractivity contribution in [3.8, 4) is 0 Å². The highest BCUT2D eigenvalue weighted by molar-refractivity contribution is 4.82. The summed E-state index contributed by atoms with van der Waals surface area (Å²) in [4.78, 5) is 2.57. The lowest BCUT2D eigenvalue weighted by molar-refractivity contribution is -0.128. The Bertz CT molecular complexity index is 219. The van der Waals surface area contributed by atoms with Crippen molar-refractivity contribution in [2.24, 2.45) is 0 Å². The van der Waals surface area contributed by atoms with Crippen molar-refractivity contribution >= 4 is 0 Å². The van der Waals surface area contributed by atoms with Gasteiger partial charge in [-0.3, -0.25) is 4.90 Å². The Morgan fingerprint density at radius 3 is 2.61 bits per heavy atom. The first-order valence-corrected chi connectivity index (χ1v) is 7.64. The molecule has 0 saturated carbocycles. The first-order valence-electron chi connectivity index (χ1n) is 7.64. The molecule has 3 nitrogen and oxygen atoms in total. The van der Waals surface area contributed by atoms with Crippen LogP contribution in [0.1, 0.15) is 53.4 Å². The molecule has 1 saturated heterocycles. The molecule has 1 rings (SSSR count). The molecule has 0 spiro atoms. The lowest BCUT2D eigenvalue weighted by Gasteiger charge is -2.41. The summed E-state index contributed by atoms with van der Waals surface area (Å²) >= 11 is 0. The number of hydrogen-bond donors (Lipinski definition) is 1. The molecule has 18 heavy (non-hydrogen) atoms. The summed E-state index contributed by atoms with van der Waals surface area (Å²) < 4.78 is 5.93. The molecule has 0 amide bonds. The number of nitrogens with one attached hydrogen (secondary N) is 1. The van der Waals surface area contributed by atoms with Crippen LogP contribution in [0.4, 0.5) is 0 Å². The van der Waals surface area contributed by atoms with Gasteiger partial charge in [0.15, 0.2) is 0 Å². The van der Waals surface area contributed by atoms with Crippen molar-refractivity contribution in [1.29, 1.82) is 0 Å². The van der Waals surface area contributed by atoms with Crippen LogP contribution in [0.15, 0.2) is 0 Å². The van der Waals surface area contributed by atoms with Crippen molar-refractivity contribution in [3.05, 3.63) is 0 Å². The second-order valence-corrected chi connectivity index (χ2v) is 6.19. The average molecular weight is 256 g/mol. The zero-order chi connectivity index (χ0) is 13.4. The standard InChI is InChI=1S/C15H32N2O/c1-5-16-10-8-6-7-9-11-17-12-14(2)18-15(3,4)13-17/h14,16H,5-13H2,1-4H3. The van der Waals surface area contributed by atoms with E-state index in [-0.39, 0.29) is 5.60 Å². The summed E-state index contributed by atoms with van der Waals surface area (Å²) in [5.74, 6) is 0. The van der Waals surface area contributed by atoms with Crippen LogP contribution in [-0.2, 0) is 4.74 Å². The molecule has 108 valence electrons. The maximum Gasteiger partial charge on any atom is 0.0757 e. The van der Waals surface area contributed by atoms with E-state index in [4.69, 9.17) is 4.74 Å². The van der Waals surface area contributed by atoms with Crippen molar-refractivity contribution in [1.82, 2.24) is 10.2 Å². The van der Waals surface area contributed by atoms with Gasteiger partial charge in [0.25, 0.3) is 0 Å². The lowest BCUT2D eigenvalue weighted by Crippen LogP contribution is -2.51. The van der Waals surface area contributed by atoms with Crippen LogP contribution in [0.2, 0.25) is 0 Å². The number of rotatable bonds is 8. The van der Waals surface area contributed by atoms with E-state index in [1.807, 2.05) is 0 Å². The summed E-state index contributed by atoms with van der Waals surface area (Å²) in [5.41, 5.74) is 0.0305. The molecule has 1 heterocycles. The number of nitrogens with zero attached hydrogens (tertiary/aromatic N) is 1. The van der Waals surface area contributed by atoms with Gasteiger partial charge in [-0.1, -0.05) is 19.8 Å². The molecule has 0 aliphatic carbocycles. The minimum Gasteiger partial charge on any atom is -0.370 e. The van der Waals surface area contributed by atoms with Crippen molar-refractivity contribution in [2.75, 3.05) is 32.7 Å². The number of unbranched alkanes of at least 4 members (excludes halogenated alkanes) is 3. The quantitative estimate of drug-likeness (QED) is 0.676. The van der Waals surface area contributed by atoms with E-state index in [0.717, 1.165) is 19.6 Å². The van der Waals surface area contributed by atoms with Crippen molar-refractivity contribution in [3.63, 3.8) is 0 Å². The minimum absolute atomic E-state index is 0.0305. The highest BCUT2D eigenvalue weighted by atomic mass is 16.5. The molecule has 0 bridgehead atoms. The maximum absolute atomic E-state index is 5.93. The molecule has 0 radical (unpaired) electrons. The van der Waals surface area contributed by atoms with E-state index in [1.54, 1.807) is 0 Å². The summed E-state index contributed by atoms with van der Waals surface area (Å²) in [6, 6.07) is 0. The van der Waals surface area contributed by atoms with Crippen LogP contribution < -0.4 is 5.32 Å². The Morgan fingerprint density at radius 1 is 1.22 bits per heavy atom. The molecule has 1 aliphatic heterocycles. The van der Waals surface area contributed by atoms with Gasteiger partial charge in [0.05, 0.1) is 11.7 Å². The summed E-state index contributed by atoms with van der Waals surface area (Å²) in [6.07, 6.45) is 5.74. The summed E-state index contributed by atoms with van der Waals surface area (Å²) in [5, 5.41) is 3.38. The van der Waals surface area contributed by atoms with Gasteiger partial charge in [0, 0.05) is 13.1 Å². The molecular weight excluding hydrogens is 224 g/mol. The normalized spacial score (nSPS) is 24.3. The smallest absolute Gasteiger partial charge is 0.0757 e. The van der Waals surface area contributed by atoms with Gasteiger partial charge in [0.2, 0.25) is 0 Å². The molecule has 1 aliphatic rings. The Morgan fingerprint density at radius 2 is 1.94 bits per heavy atom. The molecule has 0 aromatic rings.